The number of rotatable bonds is 4. The Bertz CT molecular complexity index is 321. The van der Waals surface area contributed by atoms with Crippen molar-refractivity contribution in [1.29, 1.82) is 0 Å². The van der Waals surface area contributed by atoms with Gasteiger partial charge >= 0.3 is 0 Å². The molecule has 2 N–H and O–H groups in total. The van der Waals surface area contributed by atoms with Crippen LogP contribution in [0.1, 0.15) is 19.8 Å². The molecule has 1 aliphatic heterocycles. The first-order chi connectivity index (χ1) is 7.88. The van der Waals surface area contributed by atoms with E-state index in [0.29, 0.717) is 12.6 Å². The fourth-order valence-electron chi connectivity index (χ4n) is 2.05. The molecule has 0 amide bonds. The van der Waals surface area contributed by atoms with Crippen LogP contribution in [0.5, 0.6) is 5.75 Å². The van der Waals surface area contributed by atoms with Crippen LogP contribution < -0.4 is 15.4 Å². The minimum atomic E-state index is 0.547. The highest BCUT2D eigenvalue weighted by Crippen LogP contribution is 2.19. The van der Waals surface area contributed by atoms with Gasteiger partial charge in [-0.15, -0.1) is 0 Å². The van der Waals surface area contributed by atoms with Gasteiger partial charge in [0.25, 0.3) is 0 Å². The second-order valence-electron chi connectivity index (χ2n) is 4.15. The lowest BCUT2D eigenvalue weighted by Crippen LogP contribution is -2.38. The van der Waals surface area contributed by atoms with Crippen molar-refractivity contribution >= 4 is 5.69 Å². The zero-order chi connectivity index (χ0) is 11.2. The minimum Gasteiger partial charge on any atom is -0.494 e. The summed E-state index contributed by atoms with van der Waals surface area (Å²) in [7, 11) is 0. The predicted octanol–water partition coefficient (Wildman–Crippen LogP) is 2.25. The topological polar surface area (TPSA) is 33.3 Å². The standard InChI is InChI=1S/C13H20N2O/c1-2-16-13-7-3-5-11(9-13)15-12-6-4-8-14-10-12/h3,5,7,9,12,14-15H,2,4,6,8,10H2,1H3. The molecule has 3 nitrogen and oxygen atoms in total. The van der Waals surface area contributed by atoms with Crippen LogP contribution in [0.3, 0.4) is 0 Å². The van der Waals surface area contributed by atoms with Crippen molar-refractivity contribution in [3.8, 4) is 5.75 Å². The molecule has 1 aromatic carbocycles. The molecular weight excluding hydrogens is 200 g/mol. The van der Waals surface area contributed by atoms with E-state index in [1.165, 1.54) is 12.8 Å². The van der Waals surface area contributed by atoms with Crippen molar-refractivity contribution in [1.82, 2.24) is 5.32 Å². The average molecular weight is 220 g/mol. The quantitative estimate of drug-likeness (QED) is 0.816. The normalized spacial score (nSPS) is 20.4. The number of hydrogen-bond acceptors (Lipinski definition) is 3. The van der Waals surface area contributed by atoms with Gasteiger partial charge in [0.05, 0.1) is 6.61 Å². The molecule has 0 saturated carbocycles. The molecule has 1 saturated heterocycles. The van der Waals surface area contributed by atoms with Gasteiger partial charge in [-0.05, 0) is 38.4 Å². The van der Waals surface area contributed by atoms with Gasteiger partial charge in [0, 0.05) is 24.3 Å². The zero-order valence-electron chi connectivity index (χ0n) is 9.83. The molecule has 0 aromatic heterocycles. The van der Waals surface area contributed by atoms with Gasteiger partial charge in [-0.3, -0.25) is 0 Å². The van der Waals surface area contributed by atoms with Crippen molar-refractivity contribution in [2.24, 2.45) is 0 Å². The third kappa shape index (κ3) is 3.14. The smallest absolute Gasteiger partial charge is 0.121 e. The molecule has 0 spiro atoms. The third-order valence-electron chi connectivity index (χ3n) is 2.81. The lowest BCUT2D eigenvalue weighted by molar-refractivity contribution is 0.340. The third-order valence-corrected chi connectivity index (χ3v) is 2.81. The first-order valence-corrected chi connectivity index (χ1v) is 6.08. The van der Waals surface area contributed by atoms with Gasteiger partial charge in [0.1, 0.15) is 5.75 Å². The molecule has 16 heavy (non-hydrogen) atoms. The van der Waals surface area contributed by atoms with Crippen molar-refractivity contribution in [2.75, 3.05) is 25.0 Å². The highest BCUT2D eigenvalue weighted by Gasteiger charge is 2.12. The summed E-state index contributed by atoms with van der Waals surface area (Å²) >= 11 is 0. The van der Waals surface area contributed by atoms with Crippen LogP contribution in [-0.2, 0) is 0 Å². The van der Waals surface area contributed by atoms with E-state index in [9.17, 15) is 0 Å². The van der Waals surface area contributed by atoms with E-state index in [2.05, 4.69) is 22.8 Å². The Kier molecular flexibility index (Phi) is 4.05. The SMILES string of the molecule is CCOc1cccc(NC2CCCNC2)c1. The van der Waals surface area contributed by atoms with E-state index < -0.39 is 0 Å². The molecule has 1 unspecified atom stereocenters. The molecule has 1 aliphatic rings. The van der Waals surface area contributed by atoms with E-state index in [4.69, 9.17) is 4.74 Å². The Labute approximate surface area is 97.2 Å². The second kappa shape index (κ2) is 5.75. The van der Waals surface area contributed by atoms with Gasteiger partial charge in [0.15, 0.2) is 0 Å². The average Bonchev–Trinajstić information content (AvgIpc) is 2.31. The Morgan fingerprint density at radius 3 is 3.19 bits per heavy atom. The number of benzene rings is 1. The van der Waals surface area contributed by atoms with Crippen LogP contribution in [0.15, 0.2) is 24.3 Å². The van der Waals surface area contributed by atoms with Gasteiger partial charge in [-0.2, -0.15) is 0 Å². The molecule has 88 valence electrons. The van der Waals surface area contributed by atoms with Crippen LogP contribution in [0.4, 0.5) is 5.69 Å². The predicted molar refractivity (Wildman–Crippen MR) is 67.1 cm³/mol. The van der Waals surface area contributed by atoms with E-state index in [1.54, 1.807) is 0 Å². The van der Waals surface area contributed by atoms with Gasteiger partial charge in [0.2, 0.25) is 0 Å². The fourth-order valence-corrected chi connectivity index (χ4v) is 2.05. The number of ether oxygens (including phenoxy) is 1. The van der Waals surface area contributed by atoms with Crippen LogP contribution in [0.2, 0.25) is 0 Å². The lowest BCUT2D eigenvalue weighted by Gasteiger charge is -2.25. The molecule has 1 fully saturated rings. The van der Waals surface area contributed by atoms with Gasteiger partial charge in [-0.25, -0.2) is 0 Å². The summed E-state index contributed by atoms with van der Waals surface area (Å²) in [5.74, 6) is 0.941. The number of nitrogens with one attached hydrogen (secondary N) is 2. The van der Waals surface area contributed by atoms with Crippen LogP contribution in [-0.4, -0.2) is 25.7 Å². The summed E-state index contributed by atoms with van der Waals surface area (Å²) in [4.78, 5) is 0. The molecule has 1 heterocycles. The highest BCUT2D eigenvalue weighted by atomic mass is 16.5. The van der Waals surface area contributed by atoms with Crippen LogP contribution in [0.25, 0.3) is 0 Å². The monoisotopic (exact) mass is 220 g/mol. The Balaban J connectivity index is 1.94. The Morgan fingerprint density at radius 1 is 1.50 bits per heavy atom. The van der Waals surface area contributed by atoms with E-state index in [1.807, 2.05) is 19.1 Å². The fraction of sp³-hybridized carbons (Fsp3) is 0.538. The van der Waals surface area contributed by atoms with Crippen LogP contribution >= 0.6 is 0 Å². The Morgan fingerprint density at radius 2 is 2.44 bits per heavy atom. The summed E-state index contributed by atoms with van der Waals surface area (Å²) in [6.07, 6.45) is 2.49. The van der Waals surface area contributed by atoms with Gasteiger partial charge in [-0.1, -0.05) is 6.07 Å². The summed E-state index contributed by atoms with van der Waals surface area (Å²) in [6, 6.07) is 8.73. The number of piperidine rings is 1. The van der Waals surface area contributed by atoms with Crippen molar-refractivity contribution < 1.29 is 4.74 Å². The number of anilines is 1. The molecule has 3 heteroatoms. The molecule has 2 rings (SSSR count). The van der Waals surface area contributed by atoms with E-state index >= 15 is 0 Å². The molecular formula is C13H20N2O. The zero-order valence-corrected chi connectivity index (χ0v) is 9.83. The lowest BCUT2D eigenvalue weighted by atomic mass is 10.1. The van der Waals surface area contributed by atoms with E-state index in [0.717, 1.165) is 24.5 Å². The van der Waals surface area contributed by atoms with Crippen molar-refractivity contribution in [3.63, 3.8) is 0 Å². The maximum Gasteiger partial charge on any atom is 0.121 e. The molecule has 1 aromatic rings. The van der Waals surface area contributed by atoms with Gasteiger partial charge < -0.3 is 15.4 Å². The largest absolute Gasteiger partial charge is 0.494 e. The van der Waals surface area contributed by atoms with Crippen LogP contribution in [0, 0.1) is 0 Å². The van der Waals surface area contributed by atoms with E-state index in [-0.39, 0.29) is 0 Å². The number of hydrogen-bond donors (Lipinski definition) is 2. The molecule has 0 radical (unpaired) electrons. The summed E-state index contributed by atoms with van der Waals surface area (Å²) in [6.45, 7) is 4.93. The first kappa shape index (κ1) is 11.3. The molecule has 0 aliphatic carbocycles. The first-order valence-electron chi connectivity index (χ1n) is 6.08. The van der Waals surface area contributed by atoms with Crippen molar-refractivity contribution in [2.45, 2.75) is 25.8 Å². The maximum absolute atomic E-state index is 5.48. The second-order valence-corrected chi connectivity index (χ2v) is 4.15. The Hall–Kier alpha value is -1.22. The summed E-state index contributed by atoms with van der Waals surface area (Å²) < 4.78 is 5.48. The molecule has 0 bridgehead atoms. The minimum absolute atomic E-state index is 0.547. The molecule has 1 atom stereocenters. The van der Waals surface area contributed by atoms with Crippen molar-refractivity contribution in [3.05, 3.63) is 24.3 Å². The summed E-state index contributed by atoms with van der Waals surface area (Å²) in [5.41, 5.74) is 1.15. The maximum atomic E-state index is 5.48. The summed E-state index contributed by atoms with van der Waals surface area (Å²) in [5, 5.41) is 6.94. The highest BCUT2D eigenvalue weighted by molar-refractivity contribution is 5.49.